The van der Waals surface area contributed by atoms with Gasteiger partial charge in [0.05, 0.1) is 10.3 Å². The van der Waals surface area contributed by atoms with Crippen molar-refractivity contribution in [2.45, 2.75) is 67.8 Å². The van der Waals surface area contributed by atoms with Crippen LogP contribution in [0.25, 0.3) is 11.4 Å². The predicted molar refractivity (Wildman–Crippen MR) is 106 cm³/mol. The Morgan fingerprint density at radius 3 is 2.54 bits per heavy atom. The van der Waals surface area contributed by atoms with Crippen LogP contribution in [0.3, 0.4) is 0 Å². The fourth-order valence-corrected chi connectivity index (χ4v) is 5.63. The first kappa shape index (κ1) is 18.3. The molecule has 1 aromatic carbocycles. The zero-order chi connectivity index (χ0) is 18.1. The molecule has 0 aliphatic heterocycles. The van der Waals surface area contributed by atoms with Crippen LogP contribution in [-0.4, -0.2) is 25.8 Å². The maximum absolute atomic E-state index is 12.1. The molecular formula is C19H21Cl2N3OS. The second-order valence-electron chi connectivity index (χ2n) is 7.06. The zero-order valence-electron chi connectivity index (χ0n) is 14.5. The van der Waals surface area contributed by atoms with Gasteiger partial charge in [-0.25, -0.2) is 0 Å². The quantitative estimate of drug-likeness (QED) is 0.623. The molecular weight excluding hydrogens is 389 g/mol. The second-order valence-corrected chi connectivity index (χ2v) is 9.07. The largest absolute Gasteiger partial charge is 0.299 e. The number of carbonyl (C=O) groups is 1. The summed E-state index contributed by atoms with van der Waals surface area (Å²) >= 11 is 14.1. The maximum atomic E-state index is 12.1. The number of ketones is 1. The van der Waals surface area contributed by atoms with E-state index >= 15 is 0 Å². The molecule has 2 saturated carbocycles. The molecule has 1 aromatic heterocycles. The Hall–Kier alpha value is -1.04. The number of Topliss-reactive ketones (excluding diaryl/α,β-unsaturated/α-hetero) is 1. The van der Waals surface area contributed by atoms with E-state index in [0.29, 0.717) is 28.3 Å². The molecule has 2 fully saturated rings. The number of aromatic nitrogens is 3. The van der Waals surface area contributed by atoms with Crippen LogP contribution in [0.5, 0.6) is 0 Å². The van der Waals surface area contributed by atoms with E-state index < -0.39 is 0 Å². The molecule has 138 valence electrons. The van der Waals surface area contributed by atoms with Gasteiger partial charge >= 0.3 is 0 Å². The summed E-state index contributed by atoms with van der Waals surface area (Å²) in [5.74, 6) is 1.12. The minimum Gasteiger partial charge on any atom is -0.299 e. The first-order valence-corrected chi connectivity index (χ1v) is 10.9. The fraction of sp³-hybridized carbons (Fsp3) is 0.526. The van der Waals surface area contributed by atoms with Gasteiger partial charge in [0, 0.05) is 23.0 Å². The normalized spacial score (nSPS) is 21.5. The minimum atomic E-state index is 0.00933. The number of thioether (sulfide) groups is 1. The van der Waals surface area contributed by atoms with Crippen LogP contribution in [-0.2, 0) is 4.79 Å². The van der Waals surface area contributed by atoms with Crippen molar-refractivity contribution in [1.82, 2.24) is 14.8 Å². The summed E-state index contributed by atoms with van der Waals surface area (Å²) in [4.78, 5) is 12.1. The summed E-state index contributed by atoms with van der Waals surface area (Å²) in [5, 5.41) is 11.0. The van der Waals surface area contributed by atoms with Crippen LogP contribution in [0.2, 0.25) is 10.0 Å². The van der Waals surface area contributed by atoms with Crippen molar-refractivity contribution in [3.8, 4) is 11.4 Å². The Morgan fingerprint density at radius 1 is 1.04 bits per heavy atom. The maximum Gasteiger partial charge on any atom is 0.192 e. The number of rotatable bonds is 4. The third-order valence-corrected chi connectivity index (χ3v) is 7.09. The van der Waals surface area contributed by atoms with Crippen molar-refractivity contribution >= 4 is 40.7 Å². The molecule has 2 aromatic rings. The first-order valence-electron chi connectivity index (χ1n) is 9.23. The first-order chi connectivity index (χ1) is 12.6. The lowest BCUT2D eigenvalue weighted by Crippen LogP contribution is -2.17. The summed E-state index contributed by atoms with van der Waals surface area (Å²) in [5.41, 5.74) is 0.846. The van der Waals surface area contributed by atoms with E-state index in [0.717, 1.165) is 42.2 Å². The molecule has 26 heavy (non-hydrogen) atoms. The second kappa shape index (κ2) is 7.91. The molecule has 2 aliphatic carbocycles. The molecule has 0 N–H and O–H groups in total. The molecule has 0 bridgehead atoms. The van der Waals surface area contributed by atoms with Gasteiger partial charge in [0.2, 0.25) is 0 Å². The minimum absolute atomic E-state index is 0.00933. The summed E-state index contributed by atoms with van der Waals surface area (Å²) in [6.45, 7) is 0. The van der Waals surface area contributed by atoms with E-state index in [-0.39, 0.29) is 5.25 Å². The molecule has 7 heteroatoms. The van der Waals surface area contributed by atoms with Gasteiger partial charge in [-0.2, -0.15) is 0 Å². The Balaban J connectivity index is 1.74. The van der Waals surface area contributed by atoms with Crippen LogP contribution >= 0.6 is 35.0 Å². The van der Waals surface area contributed by atoms with Gasteiger partial charge in [-0.3, -0.25) is 9.36 Å². The van der Waals surface area contributed by atoms with Crippen molar-refractivity contribution in [3.05, 3.63) is 28.2 Å². The number of benzene rings is 1. The highest BCUT2D eigenvalue weighted by atomic mass is 35.5. The number of halogens is 2. The zero-order valence-corrected chi connectivity index (χ0v) is 16.8. The molecule has 1 heterocycles. The van der Waals surface area contributed by atoms with E-state index in [4.69, 9.17) is 23.2 Å². The Morgan fingerprint density at radius 2 is 1.85 bits per heavy atom. The number of hydrogen-bond donors (Lipinski definition) is 0. The van der Waals surface area contributed by atoms with E-state index in [2.05, 4.69) is 14.8 Å². The van der Waals surface area contributed by atoms with Gasteiger partial charge in [0.25, 0.3) is 0 Å². The van der Waals surface area contributed by atoms with Crippen LogP contribution < -0.4 is 0 Å². The molecule has 0 spiro atoms. The Labute approximate surface area is 167 Å². The molecule has 4 nitrogen and oxygen atoms in total. The third kappa shape index (κ3) is 3.67. The average molecular weight is 410 g/mol. The lowest BCUT2D eigenvalue weighted by atomic mass is 9.95. The van der Waals surface area contributed by atoms with Gasteiger partial charge < -0.3 is 0 Å². The predicted octanol–water partition coefficient (Wildman–Crippen LogP) is 5.97. The Bertz CT molecular complexity index is 817. The molecule has 0 amide bonds. The van der Waals surface area contributed by atoms with E-state index in [9.17, 15) is 4.79 Å². The van der Waals surface area contributed by atoms with E-state index in [1.165, 1.54) is 19.3 Å². The van der Waals surface area contributed by atoms with E-state index in [1.54, 1.807) is 17.8 Å². The summed E-state index contributed by atoms with van der Waals surface area (Å²) in [6, 6.07) is 5.84. The fourth-order valence-electron chi connectivity index (χ4n) is 3.92. The number of carbonyl (C=O) groups excluding carboxylic acids is 1. The summed E-state index contributed by atoms with van der Waals surface area (Å²) in [6.07, 6.45) is 8.52. The van der Waals surface area contributed by atoms with Crippen molar-refractivity contribution < 1.29 is 4.79 Å². The average Bonchev–Trinajstić information content (AvgIpc) is 3.23. The highest BCUT2D eigenvalue weighted by Crippen LogP contribution is 2.40. The highest BCUT2D eigenvalue weighted by molar-refractivity contribution is 8.00. The molecule has 2 aliphatic rings. The lowest BCUT2D eigenvalue weighted by Gasteiger charge is -2.26. The summed E-state index contributed by atoms with van der Waals surface area (Å²) in [7, 11) is 0. The van der Waals surface area contributed by atoms with Crippen LogP contribution in [0.4, 0.5) is 0 Å². The van der Waals surface area contributed by atoms with Crippen LogP contribution in [0.15, 0.2) is 23.4 Å². The molecule has 0 saturated heterocycles. The molecule has 0 radical (unpaired) electrons. The standard InChI is InChI=1S/C19H21Cl2N3OS/c20-12-9-10-14(15(21)11-12)18-22-23-19(26-17-8-4-7-16(17)25)24(18)13-5-2-1-3-6-13/h9-11,13,17H,1-8H2/t17-/m0/s1. The number of hydrogen-bond acceptors (Lipinski definition) is 4. The SMILES string of the molecule is O=C1CCC[C@@H]1Sc1nnc(-c2ccc(Cl)cc2Cl)n1C1CCCCC1. The van der Waals surface area contributed by atoms with Gasteiger partial charge in [-0.05, 0) is 43.9 Å². The summed E-state index contributed by atoms with van der Waals surface area (Å²) < 4.78 is 2.23. The third-order valence-electron chi connectivity index (χ3n) is 5.27. The van der Waals surface area contributed by atoms with Gasteiger partial charge in [0.15, 0.2) is 11.0 Å². The van der Waals surface area contributed by atoms with Gasteiger partial charge in [0.1, 0.15) is 5.78 Å². The van der Waals surface area contributed by atoms with Crippen LogP contribution in [0, 0.1) is 0 Å². The Kier molecular flexibility index (Phi) is 5.58. The monoisotopic (exact) mass is 409 g/mol. The molecule has 1 atom stereocenters. The van der Waals surface area contributed by atoms with E-state index in [1.807, 2.05) is 12.1 Å². The topological polar surface area (TPSA) is 47.8 Å². The van der Waals surface area contributed by atoms with Crippen LogP contribution in [0.1, 0.15) is 57.4 Å². The van der Waals surface area contributed by atoms with Gasteiger partial charge in [-0.15, -0.1) is 10.2 Å². The van der Waals surface area contributed by atoms with Crippen molar-refractivity contribution in [3.63, 3.8) is 0 Å². The molecule has 4 rings (SSSR count). The lowest BCUT2D eigenvalue weighted by molar-refractivity contribution is -0.116. The van der Waals surface area contributed by atoms with Crippen molar-refractivity contribution in [2.24, 2.45) is 0 Å². The van der Waals surface area contributed by atoms with Gasteiger partial charge in [-0.1, -0.05) is 54.2 Å². The smallest absolute Gasteiger partial charge is 0.192 e. The highest BCUT2D eigenvalue weighted by Gasteiger charge is 2.30. The number of nitrogens with zero attached hydrogens (tertiary/aromatic N) is 3. The van der Waals surface area contributed by atoms with Crippen molar-refractivity contribution in [2.75, 3.05) is 0 Å². The van der Waals surface area contributed by atoms with Crippen molar-refractivity contribution in [1.29, 1.82) is 0 Å². The molecule has 0 unspecified atom stereocenters.